The quantitative estimate of drug-likeness (QED) is 0.269. The molecule has 0 spiro atoms. The molecule has 0 aliphatic heterocycles. The van der Waals surface area contributed by atoms with Crippen LogP contribution in [0.2, 0.25) is 0 Å². The second kappa shape index (κ2) is 24.8. The van der Waals surface area contributed by atoms with Crippen molar-refractivity contribution in [2.75, 3.05) is 59.9 Å². The number of unbranched alkanes of at least 4 members (excludes halogenated alkanes) is 11. The van der Waals surface area contributed by atoms with Crippen LogP contribution in [0.5, 0.6) is 0 Å². The summed E-state index contributed by atoms with van der Waals surface area (Å²) in [6, 6.07) is 0. The van der Waals surface area contributed by atoms with Crippen LogP contribution >= 0.6 is 0 Å². The van der Waals surface area contributed by atoms with Crippen LogP contribution in [-0.4, -0.2) is 59.9 Å². The van der Waals surface area contributed by atoms with Crippen LogP contribution in [0.25, 0.3) is 0 Å². The lowest BCUT2D eigenvalue weighted by molar-refractivity contribution is 0.00323. The standard InChI is InChI=1S/C21H45NO4/c1-23-16-17-25-20-21-26-19-18-24-15-13-11-9-7-5-3-2-4-6-8-10-12-14-22/h2-22H2,1H3. The van der Waals surface area contributed by atoms with Gasteiger partial charge in [0.25, 0.3) is 0 Å². The van der Waals surface area contributed by atoms with Crippen molar-refractivity contribution in [3.05, 3.63) is 0 Å². The van der Waals surface area contributed by atoms with Gasteiger partial charge in [-0.15, -0.1) is 0 Å². The molecule has 5 heteroatoms. The molecule has 0 atom stereocenters. The number of nitrogens with two attached hydrogens (primary N) is 1. The summed E-state index contributed by atoms with van der Waals surface area (Å²) >= 11 is 0. The molecule has 0 amide bonds. The van der Waals surface area contributed by atoms with E-state index in [-0.39, 0.29) is 0 Å². The molecule has 2 N–H and O–H groups in total. The van der Waals surface area contributed by atoms with Crippen LogP contribution in [0.3, 0.4) is 0 Å². The first-order valence-electron chi connectivity index (χ1n) is 10.8. The second-order valence-electron chi connectivity index (χ2n) is 6.86. The van der Waals surface area contributed by atoms with E-state index in [2.05, 4.69) is 0 Å². The third kappa shape index (κ3) is 23.8. The van der Waals surface area contributed by atoms with E-state index in [1.54, 1.807) is 7.11 Å². The van der Waals surface area contributed by atoms with Crippen LogP contribution < -0.4 is 5.73 Å². The molecule has 0 saturated carbocycles. The number of rotatable bonds is 23. The molecule has 0 aromatic rings. The topological polar surface area (TPSA) is 62.9 Å². The Labute approximate surface area is 162 Å². The minimum absolute atomic E-state index is 0.623. The van der Waals surface area contributed by atoms with Gasteiger partial charge in [0, 0.05) is 13.7 Å². The molecular weight excluding hydrogens is 330 g/mol. The minimum Gasteiger partial charge on any atom is -0.382 e. The number of hydrogen-bond acceptors (Lipinski definition) is 5. The highest BCUT2D eigenvalue weighted by Crippen LogP contribution is 2.11. The van der Waals surface area contributed by atoms with Crippen molar-refractivity contribution in [1.82, 2.24) is 0 Å². The van der Waals surface area contributed by atoms with Gasteiger partial charge in [-0.25, -0.2) is 0 Å². The maximum absolute atomic E-state index is 5.59. The largest absolute Gasteiger partial charge is 0.382 e. The Morgan fingerprint density at radius 2 is 0.769 bits per heavy atom. The number of ether oxygens (including phenoxy) is 4. The number of methoxy groups -OCH3 is 1. The smallest absolute Gasteiger partial charge is 0.0701 e. The molecule has 0 aromatic carbocycles. The van der Waals surface area contributed by atoms with E-state index in [1.165, 1.54) is 77.0 Å². The van der Waals surface area contributed by atoms with Gasteiger partial charge in [-0.2, -0.15) is 0 Å². The molecule has 5 nitrogen and oxygen atoms in total. The van der Waals surface area contributed by atoms with Crippen molar-refractivity contribution in [2.45, 2.75) is 77.0 Å². The zero-order chi connectivity index (χ0) is 19.0. The van der Waals surface area contributed by atoms with E-state index in [4.69, 9.17) is 24.7 Å². The predicted octanol–water partition coefficient (Wildman–Crippen LogP) is 4.32. The van der Waals surface area contributed by atoms with E-state index in [0.29, 0.717) is 39.6 Å². The Hall–Kier alpha value is -0.200. The van der Waals surface area contributed by atoms with Crippen LogP contribution in [-0.2, 0) is 18.9 Å². The average molecular weight is 376 g/mol. The summed E-state index contributed by atoms with van der Waals surface area (Å²) < 4.78 is 21.2. The van der Waals surface area contributed by atoms with E-state index in [9.17, 15) is 0 Å². The van der Waals surface area contributed by atoms with Gasteiger partial charge in [-0.05, 0) is 19.4 Å². The average Bonchev–Trinajstić information content (AvgIpc) is 2.66. The summed E-state index contributed by atoms with van der Waals surface area (Å²) in [6.07, 6.45) is 16.0. The fourth-order valence-electron chi connectivity index (χ4n) is 2.80. The fraction of sp³-hybridized carbons (Fsp3) is 1.00. The van der Waals surface area contributed by atoms with Crippen molar-refractivity contribution in [3.63, 3.8) is 0 Å². The lowest BCUT2D eigenvalue weighted by atomic mass is 10.1. The van der Waals surface area contributed by atoms with Gasteiger partial charge >= 0.3 is 0 Å². The highest BCUT2D eigenvalue weighted by atomic mass is 16.6. The van der Waals surface area contributed by atoms with Gasteiger partial charge in [0.2, 0.25) is 0 Å². The molecule has 0 radical (unpaired) electrons. The summed E-state index contributed by atoms with van der Waals surface area (Å²) in [7, 11) is 1.67. The van der Waals surface area contributed by atoms with E-state index in [1.807, 2.05) is 0 Å². The molecule has 0 aromatic heterocycles. The zero-order valence-electron chi connectivity index (χ0n) is 17.4. The highest BCUT2D eigenvalue weighted by molar-refractivity contribution is 4.49. The Morgan fingerprint density at radius 1 is 0.423 bits per heavy atom. The first kappa shape index (κ1) is 25.8. The summed E-state index contributed by atoms with van der Waals surface area (Å²) in [6.45, 7) is 5.56. The summed E-state index contributed by atoms with van der Waals surface area (Å²) in [5, 5.41) is 0. The number of hydrogen-bond donors (Lipinski definition) is 1. The van der Waals surface area contributed by atoms with Crippen LogP contribution in [0.1, 0.15) is 77.0 Å². The van der Waals surface area contributed by atoms with Crippen molar-refractivity contribution >= 4 is 0 Å². The lowest BCUT2D eigenvalue weighted by Crippen LogP contribution is -2.11. The maximum Gasteiger partial charge on any atom is 0.0701 e. The Kier molecular flexibility index (Phi) is 24.6. The monoisotopic (exact) mass is 375 g/mol. The molecule has 0 rings (SSSR count). The van der Waals surface area contributed by atoms with Gasteiger partial charge in [-0.1, -0.05) is 64.2 Å². The van der Waals surface area contributed by atoms with Crippen LogP contribution in [0.15, 0.2) is 0 Å². The molecule has 0 saturated heterocycles. The third-order valence-corrected chi connectivity index (χ3v) is 4.42. The Bertz CT molecular complexity index is 218. The molecule has 0 fully saturated rings. The van der Waals surface area contributed by atoms with Crippen molar-refractivity contribution in [3.8, 4) is 0 Å². The molecule has 0 aliphatic carbocycles. The summed E-state index contributed by atoms with van der Waals surface area (Å²) in [4.78, 5) is 0. The highest BCUT2D eigenvalue weighted by Gasteiger charge is 1.95. The summed E-state index contributed by atoms with van der Waals surface area (Å²) in [5.41, 5.74) is 5.50. The molecule has 0 heterocycles. The first-order valence-corrected chi connectivity index (χ1v) is 10.8. The van der Waals surface area contributed by atoms with E-state index >= 15 is 0 Å². The van der Waals surface area contributed by atoms with Gasteiger partial charge < -0.3 is 24.7 Å². The normalized spacial score (nSPS) is 11.3. The zero-order valence-corrected chi connectivity index (χ0v) is 17.4. The van der Waals surface area contributed by atoms with E-state index < -0.39 is 0 Å². The molecule has 0 unspecified atom stereocenters. The Balaban J connectivity index is 2.95. The maximum atomic E-state index is 5.59. The second-order valence-corrected chi connectivity index (χ2v) is 6.86. The third-order valence-electron chi connectivity index (χ3n) is 4.42. The van der Waals surface area contributed by atoms with Crippen LogP contribution in [0, 0.1) is 0 Å². The molecule has 158 valence electrons. The fourth-order valence-corrected chi connectivity index (χ4v) is 2.80. The molecular formula is C21H45NO4. The SMILES string of the molecule is COCCOCCOCCOCCCCCCCCCCCCCCN. The van der Waals surface area contributed by atoms with Gasteiger partial charge in [0.1, 0.15) is 0 Å². The Morgan fingerprint density at radius 3 is 1.19 bits per heavy atom. The van der Waals surface area contributed by atoms with Gasteiger partial charge in [0.15, 0.2) is 0 Å². The summed E-state index contributed by atoms with van der Waals surface area (Å²) in [5.74, 6) is 0. The predicted molar refractivity (Wildman–Crippen MR) is 109 cm³/mol. The van der Waals surface area contributed by atoms with Crippen LogP contribution in [0.4, 0.5) is 0 Å². The lowest BCUT2D eigenvalue weighted by Gasteiger charge is -2.07. The molecule has 0 bridgehead atoms. The van der Waals surface area contributed by atoms with Crippen molar-refractivity contribution < 1.29 is 18.9 Å². The van der Waals surface area contributed by atoms with Gasteiger partial charge in [-0.3, -0.25) is 0 Å². The van der Waals surface area contributed by atoms with Gasteiger partial charge in [0.05, 0.1) is 39.6 Å². The molecule has 26 heavy (non-hydrogen) atoms. The molecule has 0 aliphatic rings. The van der Waals surface area contributed by atoms with Crippen molar-refractivity contribution in [2.24, 2.45) is 5.73 Å². The first-order chi connectivity index (χ1) is 12.9. The minimum atomic E-state index is 0.623. The van der Waals surface area contributed by atoms with Crippen molar-refractivity contribution in [1.29, 1.82) is 0 Å². The van der Waals surface area contributed by atoms with E-state index in [0.717, 1.165) is 13.2 Å².